The Balaban J connectivity index is 2.86. The average molecular weight is 355 g/mol. The molecule has 0 aliphatic heterocycles. The molecular weight excluding hydrogens is 341 g/mol. The van der Waals surface area contributed by atoms with Crippen LogP contribution >= 0.6 is 15.9 Å². The van der Waals surface area contributed by atoms with Gasteiger partial charge in [0.15, 0.2) is 0 Å². The number of hydrogen-bond acceptors (Lipinski definition) is 3. The SMILES string of the molecule is CN(C)CCNC(=O)c1cc(Br)ccc1OC(F)(F)F. The lowest BCUT2D eigenvalue weighted by atomic mass is 10.2. The quantitative estimate of drug-likeness (QED) is 0.883. The third kappa shape index (κ3) is 5.79. The van der Waals surface area contributed by atoms with Crippen molar-refractivity contribution in [1.82, 2.24) is 10.2 Å². The minimum Gasteiger partial charge on any atom is -0.405 e. The highest BCUT2D eigenvalue weighted by Crippen LogP contribution is 2.28. The Kier molecular flexibility index (Phi) is 5.82. The van der Waals surface area contributed by atoms with Crippen LogP contribution in [0.1, 0.15) is 10.4 Å². The van der Waals surface area contributed by atoms with Gasteiger partial charge in [-0.3, -0.25) is 4.79 Å². The summed E-state index contributed by atoms with van der Waals surface area (Å²) in [4.78, 5) is 13.7. The summed E-state index contributed by atoms with van der Waals surface area (Å²) < 4.78 is 41.1. The van der Waals surface area contributed by atoms with Gasteiger partial charge in [0.05, 0.1) is 5.56 Å². The van der Waals surface area contributed by atoms with Crippen LogP contribution in [0.4, 0.5) is 13.2 Å². The summed E-state index contributed by atoms with van der Waals surface area (Å²) in [5, 5.41) is 2.53. The van der Waals surface area contributed by atoms with E-state index in [9.17, 15) is 18.0 Å². The summed E-state index contributed by atoms with van der Waals surface area (Å²) >= 11 is 3.11. The largest absolute Gasteiger partial charge is 0.573 e. The first-order valence-electron chi connectivity index (χ1n) is 5.67. The molecular formula is C12H14BrF3N2O2. The Morgan fingerprint density at radius 3 is 2.60 bits per heavy atom. The smallest absolute Gasteiger partial charge is 0.405 e. The van der Waals surface area contributed by atoms with Gasteiger partial charge in [-0.05, 0) is 32.3 Å². The van der Waals surface area contributed by atoms with Crippen molar-refractivity contribution in [3.63, 3.8) is 0 Å². The van der Waals surface area contributed by atoms with Crippen LogP contribution in [0.25, 0.3) is 0 Å². The van der Waals surface area contributed by atoms with Crippen LogP contribution in [0, 0.1) is 0 Å². The van der Waals surface area contributed by atoms with Gasteiger partial charge < -0.3 is 15.0 Å². The third-order valence-corrected chi connectivity index (χ3v) is 2.75. The van der Waals surface area contributed by atoms with E-state index in [1.165, 1.54) is 12.1 Å². The van der Waals surface area contributed by atoms with Gasteiger partial charge in [-0.2, -0.15) is 0 Å². The molecule has 0 bridgehead atoms. The van der Waals surface area contributed by atoms with Crippen LogP contribution in [-0.4, -0.2) is 44.4 Å². The number of nitrogens with one attached hydrogen (secondary N) is 1. The van der Waals surface area contributed by atoms with Gasteiger partial charge >= 0.3 is 6.36 Å². The van der Waals surface area contributed by atoms with Crippen molar-refractivity contribution in [3.05, 3.63) is 28.2 Å². The first-order valence-corrected chi connectivity index (χ1v) is 6.46. The number of carbonyl (C=O) groups is 1. The molecule has 0 heterocycles. The molecule has 4 nitrogen and oxygen atoms in total. The summed E-state index contributed by atoms with van der Waals surface area (Å²) in [6.07, 6.45) is -4.84. The molecule has 0 unspecified atom stereocenters. The molecule has 1 N–H and O–H groups in total. The van der Waals surface area contributed by atoms with Crippen molar-refractivity contribution in [2.24, 2.45) is 0 Å². The van der Waals surface area contributed by atoms with Crippen LogP contribution in [0.3, 0.4) is 0 Å². The number of nitrogens with zero attached hydrogens (tertiary/aromatic N) is 1. The second kappa shape index (κ2) is 6.94. The normalized spacial score (nSPS) is 11.6. The highest BCUT2D eigenvalue weighted by Gasteiger charge is 2.33. The number of alkyl halides is 3. The average Bonchev–Trinajstić information content (AvgIpc) is 2.29. The molecule has 8 heteroatoms. The number of carbonyl (C=O) groups excluding carboxylic acids is 1. The van der Waals surface area contributed by atoms with Crippen molar-refractivity contribution < 1.29 is 22.7 Å². The summed E-state index contributed by atoms with van der Waals surface area (Å²) in [5.41, 5.74) is -0.171. The molecule has 0 saturated heterocycles. The van der Waals surface area contributed by atoms with Crippen molar-refractivity contribution in [1.29, 1.82) is 0 Å². The molecule has 0 fully saturated rings. The van der Waals surface area contributed by atoms with Gasteiger partial charge in [0.25, 0.3) is 5.91 Å². The Bertz CT molecular complexity index is 478. The number of benzene rings is 1. The summed E-state index contributed by atoms with van der Waals surface area (Å²) in [6.45, 7) is 0.902. The molecule has 0 radical (unpaired) electrons. The maximum absolute atomic E-state index is 12.3. The molecule has 0 atom stereocenters. The number of halogens is 4. The summed E-state index contributed by atoms with van der Waals surface area (Å²) in [7, 11) is 3.65. The van der Waals surface area contributed by atoms with E-state index in [1.54, 1.807) is 0 Å². The van der Waals surface area contributed by atoms with Gasteiger partial charge in [-0.1, -0.05) is 15.9 Å². The van der Waals surface area contributed by atoms with Gasteiger partial charge in [-0.15, -0.1) is 13.2 Å². The van der Waals surface area contributed by atoms with E-state index < -0.39 is 18.0 Å². The molecule has 0 saturated carbocycles. The second-order valence-electron chi connectivity index (χ2n) is 4.25. The predicted molar refractivity (Wildman–Crippen MR) is 71.7 cm³/mol. The van der Waals surface area contributed by atoms with E-state index in [0.717, 1.165) is 6.07 Å². The van der Waals surface area contributed by atoms with Crippen molar-refractivity contribution in [3.8, 4) is 5.75 Å². The van der Waals surface area contributed by atoms with E-state index in [0.29, 0.717) is 17.6 Å². The molecule has 1 amide bonds. The Hall–Kier alpha value is -1.28. The maximum atomic E-state index is 12.3. The van der Waals surface area contributed by atoms with Crippen LogP contribution in [-0.2, 0) is 0 Å². The minimum atomic E-state index is -4.84. The van der Waals surface area contributed by atoms with Crippen LogP contribution in [0.5, 0.6) is 5.75 Å². The van der Waals surface area contributed by atoms with Crippen LogP contribution < -0.4 is 10.1 Å². The fourth-order valence-corrected chi connectivity index (χ4v) is 1.74. The van der Waals surface area contributed by atoms with Crippen LogP contribution in [0.15, 0.2) is 22.7 Å². The maximum Gasteiger partial charge on any atom is 0.573 e. The second-order valence-corrected chi connectivity index (χ2v) is 5.16. The molecule has 1 rings (SSSR count). The lowest BCUT2D eigenvalue weighted by Crippen LogP contribution is -2.32. The number of ether oxygens (including phenoxy) is 1. The fraction of sp³-hybridized carbons (Fsp3) is 0.417. The van der Waals surface area contributed by atoms with Crippen molar-refractivity contribution >= 4 is 21.8 Å². The van der Waals surface area contributed by atoms with E-state index in [-0.39, 0.29) is 5.56 Å². The molecule has 112 valence electrons. The topological polar surface area (TPSA) is 41.6 Å². The number of likely N-dealkylation sites (N-methyl/N-ethyl adjacent to an activating group) is 1. The minimum absolute atomic E-state index is 0.171. The molecule has 0 spiro atoms. The van der Waals surface area contributed by atoms with E-state index in [2.05, 4.69) is 26.0 Å². The van der Waals surface area contributed by atoms with Gasteiger partial charge in [0.2, 0.25) is 0 Å². The molecule has 0 aliphatic carbocycles. The monoisotopic (exact) mass is 354 g/mol. The Labute approximate surface area is 123 Å². The zero-order chi connectivity index (χ0) is 15.3. The zero-order valence-corrected chi connectivity index (χ0v) is 12.5. The molecule has 1 aromatic rings. The van der Waals surface area contributed by atoms with E-state index in [4.69, 9.17) is 0 Å². The highest BCUT2D eigenvalue weighted by molar-refractivity contribution is 9.10. The first-order chi connectivity index (χ1) is 9.19. The predicted octanol–water partition coefficient (Wildman–Crippen LogP) is 2.64. The summed E-state index contributed by atoms with van der Waals surface area (Å²) in [6, 6.07) is 3.75. The number of hydrogen-bond donors (Lipinski definition) is 1. The number of amides is 1. The zero-order valence-electron chi connectivity index (χ0n) is 10.9. The van der Waals surface area contributed by atoms with Crippen molar-refractivity contribution in [2.45, 2.75) is 6.36 Å². The van der Waals surface area contributed by atoms with Gasteiger partial charge in [-0.25, -0.2) is 0 Å². The highest BCUT2D eigenvalue weighted by atomic mass is 79.9. The lowest BCUT2D eigenvalue weighted by Gasteiger charge is -2.14. The van der Waals surface area contributed by atoms with Gasteiger partial charge in [0.1, 0.15) is 5.75 Å². The number of rotatable bonds is 5. The van der Waals surface area contributed by atoms with Crippen molar-refractivity contribution in [2.75, 3.05) is 27.2 Å². The molecule has 0 aliphatic rings. The molecule has 1 aromatic carbocycles. The van der Waals surface area contributed by atoms with E-state index in [1.807, 2.05) is 19.0 Å². The molecule has 0 aromatic heterocycles. The van der Waals surface area contributed by atoms with E-state index >= 15 is 0 Å². The standard InChI is InChI=1S/C12H14BrF3N2O2/c1-18(2)6-5-17-11(19)9-7-8(13)3-4-10(9)20-12(14,15)16/h3-4,7H,5-6H2,1-2H3,(H,17,19). The fourth-order valence-electron chi connectivity index (χ4n) is 1.38. The first kappa shape index (κ1) is 16.8. The van der Waals surface area contributed by atoms with Crippen LogP contribution in [0.2, 0.25) is 0 Å². The third-order valence-electron chi connectivity index (χ3n) is 2.26. The lowest BCUT2D eigenvalue weighted by molar-refractivity contribution is -0.274. The molecule has 20 heavy (non-hydrogen) atoms. The Morgan fingerprint density at radius 2 is 2.05 bits per heavy atom. The van der Waals surface area contributed by atoms with Gasteiger partial charge in [0, 0.05) is 17.6 Å². The summed E-state index contributed by atoms with van der Waals surface area (Å²) in [5.74, 6) is -1.14. The Morgan fingerprint density at radius 1 is 1.40 bits per heavy atom.